The van der Waals surface area contributed by atoms with Gasteiger partial charge < -0.3 is 39.6 Å². The van der Waals surface area contributed by atoms with Gasteiger partial charge in [0.05, 0.1) is 5.92 Å². The second-order valence-electron chi connectivity index (χ2n) is 16.0. The van der Waals surface area contributed by atoms with Crippen LogP contribution in [0.4, 0.5) is 0 Å². The number of aliphatic hydroxyl groups is 2. The van der Waals surface area contributed by atoms with E-state index in [2.05, 4.69) is 6.92 Å². The molecule has 1 saturated heterocycles. The van der Waals surface area contributed by atoms with Crippen LogP contribution in [0.2, 0.25) is 0 Å². The van der Waals surface area contributed by atoms with E-state index in [-0.39, 0.29) is 29.6 Å². The van der Waals surface area contributed by atoms with Crippen molar-refractivity contribution in [2.75, 3.05) is 6.54 Å². The summed E-state index contributed by atoms with van der Waals surface area (Å²) in [5, 5.41) is 24.3. The number of allylic oxidation sites excluding steroid dienone is 1. The van der Waals surface area contributed by atoms with Crippen LogP contribution in [-0.4, -0.2) is 87.8 Å². The maximum absolute atomic E-state index is 13.5. The molecular formula is C42H67NO12. The van der Waals surface area contributed by atoms with E-state index in [1.807, 2.05) is 0 Å². The van der Waals surface area contributed by atoms with Crippen LogP contribution in [0.3, 0.4) is 0 Å². The molecule has 2 fully saturated rings. The van der Waals surface area contributed by atoms with Crippen LogP contribution in [0.25, 0.3) is 0 Å². The Hall–Kier alpha value is -3.29. The first-order chi connectivity index (χ1) is 26.0. The van der Waals surface area contributed by atoms with Crippen molar-refractivity contribution in [3.63, 3.8) is 0 Å². The van der Waals surface area contributed by atoms with Gasteiger partial charge in [0.1, 0.15) is 11.7 Å². The number of carbonyl (C=O) groups excluding carboxylic acids is 5. The van der Waals surface area contributed by atoms with Crippen molar-refractivity contribution in [3.8, 4) is 0 Å². The summed E-state index contributed by atoms with van der Waals surface area (Å²) in [7, 11) is 0. The molecule has 3 rings (SSSR count). The number of esters is 5. The molecule has 13 nitrogen and oxygen atoms in total. The highest BCUT2D eigenvalue weighted by Crippen LogP contribution is 2.57. The smallest absolute Gasteiger partial charge is 0.341 e. The molecule has 312 valence electrons. The number of carbonyl (C=O) groups is 5. The number of nitrogens with two attached hydrogens (primary N) is 1. The largest absolute Gasteiger partial charge is 0.459 e. The minimum atomic E-state index is -2.59. The molecule has 0 unspecified atom stereocenters. The van der Waals surface area contributed by atoms with Crippen LogP contribution in [-0.2, 0) is 47.7 Å². The first-order valence-corrected chi connectivity index (χ1v) is 20.5. The van der Waals surface area contributed by atoms with Gasteiger partial charge in [-0.3, -0.25) is 14.4 Å². The lowest BCUT2D eigenvalue weighted by Crippen LogP contribution is -2.64. The first-order valence-electron chi connectivity index (χ1n) is 20.5. The van der Waals surface area contributed by atoms with Crippen LogP contribution < -0.4 is 5.73 Å². The van der Waals surface area contributed by atoms with Gasteiger partial charge in [-0.15, -0.1) is 0 Å². The van der Waals surface area contributed by atoms with Crippen molar-refractivity contribution < 1.29 is 57.9 Å². The zero-order chi connectivity index (χ0) is 41.0. The van der Waals surface area contributed by atoms with Gasteiger partial charge in [0, 0.05) is 31.8 Å². The number of unbranched alkanes of at least 4 members (excludes halogenated alkanes) is 12. The van der Waals surface area contributed by atoms with Crippen LogP contribution in [0.1, 0.15) is 158 Å². The lowest BCUT2D eigenvalue weighted by Gasteiger charge is -2.41. The van der Waals surface area contributed by atoms with Gasteiger partial charge in [0.15, 0.2) is 29.5 Å². The molecule has 0 radical (unpaired) electrons. The standard InChI is InChI=1S/C42H67NO12/c1-8-10-11-17-20-24-32(46)52-36-34-33(28(4)35(36)53-38(47)27(3)9-2)37-42(50,41(7,49)39(48)54-37)30(26-40(34,6)55-29(5)44)51-31(45)23-21-18-15-13-12-14-16-19-22-25-43/h9,30,34-37,49-50H,8,10-26,43H2,1-7H3/b27-9-/t30-,34+,35-,36-,37-,40-,41+,42+/m0/s1. The summed E-state index contributed by atoms with van der Waals surface area (Å²) >= 11 is 0. The Bertz CT molecular complexity index is 1420. The number of rotatable bonds is 22. The predicted molar refractivity (Wildman–Crippen MR) is 204 cm³/mol. The highest BCUT2D eigenvalue weighted by atomic mass is 16.6. The van der Waals surface area contributed by atoms with Crippen molar-refractivity contribution in [1.82, 2.24) is 0 Å². The molecule has 0 bridgehead atoms. The fourth-order valence-corrected chi connectivity index (χ4v) is 8.35. The summed E-state index contributed by atoms with van der Waals surface area (Å²) in [6, 6.07) is 0. The van der Waals surface area contributed by atoms with Gasteiger partial charge in [-0.05, 0) is 71.6 Å². The summed E-state index contributed by atoms with van der Waals surface area (Å²) in [5.41, 5.74) is -0.588. The van der Waals surface area contributed by atoms with Crippen molar-refractivity contribution in [3.05, 3.63) is 22.8 Å². The molecule has 8 atom stereocenters. The van der Waals surface area contributed by atoms with Crippen molar-refractivity contribution in [1.29, 1.82) is 0 Å². The zero-order valence-electron chi connectivity index (χ0n) is 34.2. The Labute approximate surface area is 327 Å². The van der Waals surface area contributed by atoms with Gasteiger partial charge in [0.2, 0.25) is 0 Å². The molecule has 3 aliphatic rings. The van der Waals surface area contributed by atoms with E-state index in [0.717, 1.165) is 84.0 Å². The van der Waals surface area contributed by atoms with Crippen molar-refractivity contribution in [2.45, 2.75) is 199 Å². The molecule has 13 heteroatoms. The van der Waals surface area contributed by atoms with E-state index >= 15 is 0 Å². The second kappa shape index (κ2) is 20.8. The van der Waals surface area contributed by atoms with E-state index in [4.69, 9.17) is 29.4 Å². The lowest BCUT2D eigenvalue weighted by atomic mass is 9.75. The number of ether oxygens (including phenoxy) is 5. The Balaban J connectivity index is 1.99. The van der Waals surface area contributed by atoms with Gasteiger partial charge in [-0.2, -0.15) is 0 Å². The van der Waals surface area contributed by atoms with E-state index in [1.54, 1.807) is 33.8 Å². The van der Waals surface area contributed by atoms with E-state index in [9.17, 15) is 34.2 Å². The lowest BCUT2D eigenvalue weighted by molar-refractivity contribution is -0.212. The SMILES string of the molecule is C/C=C(/C)C(=O)O[C@H]1C(C)=C2[C@H]([C@@H]1OC(=O)CCCCCCC)[C@@](C)(OC(C)=O)C[C@H](OC(=O)CCCCCCCCCCCN)[C@@]1(O)[C@H]2OC(=O)[C@@]1(C)O. The Morgan fingerprint density at radius 1 is 0.836 bits per heavy atom. The van der Waals surface area contributed by atoms with Crippen LogP contribution in [0.15, 0.2) is 22.8 Å². The molecule has 0 aromatic heterocycles. The van der Waals surface area contributed by atoms with E-state index < -0.39 is 83.4 Å². The molecule has 55 heavy (non-hydrogen) atoms. The van der Waals surface area contributed by atoms with Gasteiger partial charge in [-0.1, -0.05) is 83.6 Å². The van der Waals surface area contributed by atoms with E-state index in [0.29, 0.717) is 19.4 Å². The Morgan fingerprint density at radius 2 is 1.36 bits per heavy atom. The summed E-state index contributed by atoms with van der Waals surface area (Å²) in [6.45, 7) is 11.5. The molecule has 0 aromatic rings. The fourth-order valence-electron chi connectivity index (χ4n) is 8.35. The average Bonchev–Trinajstić information content (AvgIpc) is 3.45. The zero-order valence-corrected chi connectivity index (χ0v) is 34.2. The molecule has 1 saturated carbocycles. The number of fused-ring (bicyclic) bond motifs is 3. The number of hydrogen-bond acceptors (Lipinski definition) is 13. The molecule has 0 amide bonds. The molecule has 1 heterocycles. The van der Waals surface area contributed by atoms with Crippen molar-refractivity contribution in [2.24, 2.45) is 11.7 Å². The van der Waals surface area contributed by atoms with Crippen molar-refractivity contribution >= 4 is 29.8 Å². The highest BCUT2D eigenvalue weighted by Gasteiger charge is 2.76. The quantitative estimate of drug-likeness (QED) is 0.0382. The Morgan fingerprint density at radius 3 is 1.89 bits per heavy atom. The minimum absolute atomic E-state index is 0.0148. The monoisotopic (exact) mass is 777 g/mol. The van der Waals surface area contributed by atoms with Gasteiger partial charge >= 0.3 is 29.8 Å². The van der Waals surface area contributed by atoms with Crippen LogP contribution >= 0.6 is 0 Å². The summed E-state index contributed by atoms with van der Waals surface area (Å²) in [6.07, 6.45) is 8.69. The minimum Gasteiger partial charge on any atom is -0.459 e. The second-order valence-corrected chi connectivity index (χ2v) is 16.0. The first kappa shape index (κ1) is 46.1. The molecule has 1 aliphatic heterocycles. The summed E-state index contributed by atoms with van der Waals surface area (Å²) < 4.78 is 29.9. The predicted octanol–water partition coefficient (Wildman–Crippen LogP) is 5.99. The third-order valence-corrected chi connectivity index (χ3v) is 11.6. The fraction of sp³-hybridized carbons (Fsp3) is 0.786. The van der Waals surface area contributed by atoms with Gasteiger partial charge in [0.25, 0.3) is 0 Å². The highest BCUT2D eigenvalue weighted by molar-refractivity contribution is 5.88. The van der Waals surface area contributed by atoms with Crippen LogP contribution in [0, 0.1) is 5.92 Å². The summed E-state index contributed by atoms with van der Waals surface area (Å²) in [5.74, 6) is -4.98. The summed E-state index contributed by atoms with van der Waals surface area (Å²) in [4.78, 5) is 66.4. The maximum Gasteiger partial charge on any atom is 0.341 e. The number of hydrogen-bond donors (Lipinski definition) is 3. The molecule has 0 aromatic carbocycles. The average molecular weight is 778 g/mol. The molecule has 4 N–H and O–H groups in total. The molecular weight excluding hydrogens is 710 g/mol. The van der Waals surface area contributed by atoms with Gasteiger partial charge in [-0.25, -0.2) is 9.59 Å². The third-order valence-electron chi connectivity index (χ3n) is 11.6. The van der Waals surface area contributed by atoms with E-state index in [1.165, 1.54) is 6.92 Å². The normalized spacial score (nSPS) is 30.3. The molecule has 2 aliphatic carbocycles. The molecule has 0 spiro atoms. The Kier molecular flexibility index (Phi) is 17.4. The maximum atomic E-state index is 13.5. The van der Waals surface area contributed by atoms with Crippen LogP contribution in [0.5, 0.6) is 0 Å². The topological polar surface area (TPSA) is 198 Å². The third kappa shape index (κ3) is 11.0.